The molecule has 4 unspecified atom stereocenters. The van der Waals surface area contributed by atoms with Gasteiger partial charge in [0.15, 0.2) is 11.5 Å². The molecule has 2 heterocycles. The zero-order valence-corrected chi connectivity index (χ0v) is 15.0. The second-order valence-corrected chi connectivity index (χ2v) is 6.60. The number of piperidine rings is 1. The number of hydrogen-bond acceptors (Lipinski definition) is 7. The second kappa shape index (κ2) is 7.09. The fourth-order valence-corrected chi connectivity index (χ4v) is 3.91. The predicted octanol–water partition coefficient (Wildman–Crippen LogP) is 1.47. The summed E-state index contributed by atoms with van der Waals surface area (Å²) in [6.07, 6.45) is 1.57. The summed E-state index contributed by atoms with van der Waals surface area (Å²) in [5.41, 5.74) is 0.348. The molecule has 4 atom stereocenters. The number of benzene rings is 1. The van der Waals surface area contributed by atoms with Crippen LogP contribution in [0.1, 0.15) is 29.6 Å². The standard InChI is InChI=1S/C18H25NO6/c1-19-11-7-12(9-13(19)14(20)8-11)25-18(21)10-5-15(22-2)17(24-4)16(6-10)23-3/h5-6,11-14,20H,7-9H2,1-4H3. The predicted molar refractivity (Wildman–Crippen MR) is 90.5 cm³/mol. The largest absolute Gasteiger partial charge is 0.493 e. The summed E-state index contributed by atoms with van der Waals surface area (Å²) < 4.78 is 21.5. The van der Waals surface area contributed by atoms with Gasteiger partial charge >= 0.3 is 5.97 Å². The molecule has 0 aromatic heterocycles. The van der Waals surface area contributed by atoms with Gasteiger partial charge in [0, 0.05) is 24.9 Å². The molecule has 0 spiro atoms. The molecule has 7 nitrogen and oxygen atoms in total. The molecule has 1 aromatic rings. The lowest BCUT2D eigenvalue weighted by Crippen LogP contribution is -2.45. The highest BCUT2D eigenvalue weighted by Crippen LogP contribution is 2.39. The van der Waals surface area contributed by atoms with Crippen molar-refractivity contribution < 1.29 is 28.8 Å². The molecular weight excluding hydrogens is 326 g/mol. The summed E-state index contributed by atoms with van der Waals surface area (Å²) in [5.74, 6) is 0.824. The van der Waals surface area contributed by atoms with Gasteiger partial charge < -0.3 is 24.1 Å². The smallest absolute Gasteiger partial charge is 0.338 e. The van der Waals surface area contributed by atoms with Crippen molar-refractivity contribution in [3.05, 3.63) is 17.7 Å². The molecule has 0 radical (unpaired) electrons. The van der Waals surface area contributed by atoms with Crippen molar-refractivity contribution >= 4 is 5.97 Å². The normalized spacial score (nSPS) is 28.5. The summed E-state index contributed by atoms with van der Waals surface area (Å²) in [5, 5.41) is 10.1. The Hall–Kier alpha value is -1.99. The Balaban J connectivity index is 1.76. The minimum absolute atomic E-state index is 0.0523. The highest BCUT2D eigenvalue weighted by Gasteiger charge is 2.45. The first kappa shape index (κ1) is 17.8. The Morgan fingerprint density at radius 1 is 1.08 bits per heavy atom. The molecule has 2 aliphatic rings. The Morgan fingerprint density at radius 2 is 1.72 bits per heavy atom. The Kier molecular flexibility index (Phi) is 5.06. The summed E-state index contributed by atoms with van der Waals surface area (Å²) in [7, 11) is 6.53. The van der Waals surface area contributed by atoms with Crippen LogP contribution in [0.2, 0.25) is 0 Å². The zero-order chi connectivity index (χ0) is 18.1. The van der Waals surface area contributed by atoms with E-state index in [2.05, 4.69) is 4.90 Å². The van der Waals surface area contributed by atoms with Crippen LogP contribution in [0, 0.1) is 0 Å². The fraction of sp³-hybridized carbons (Fsp3) is 0.611. The zero-order valence-electron chi connectivity index (χ0n) is 15.0. The number of hydrogen-bond donors (Lipinski definition) is 1. The van der Waals surface area contributed by atoms with E-state index in [0.717, 1.165) is 12.8 Å². The lowest BCUT2D eigenvalue weighted by molar-refractivity contribution is -0.00838. The summed E-state index contributed by atoms with van der Waals surface area (Å²) in [6, 6.07) is 3.48. The van der Waals surface area contributed by atoms with Gasteiger partial charge in [0.1, 0.15) is 6.10 Å². The van der Waals surface area contributed by atoms with Gasteiger partial charge in [-0.05, 0) is 25.6 Å². The van der Waals surface area contributed by atoms with Gasteiger partial charge in [0.05, 0.1) is 33.0 Å². The highest BCUT2D eigenvalue weighted by molar-refractivity contribution is 5.91. The topological polar surface area (TPSA) is 77.5 Å². The average Bonchev–Trinajstić information content (AvgIpc) is 2.77. The van der Waals surface area contributed by atoms with Crippen molar-refractivity contribution in [1.82, 2.24) is 4.90 Å². The first-order valence-electron chi connectivity index (χ1n) is 8.39. The van der Waals surface area contributed by atoms with Crippen LogP contribution in [0.5, 0.6) is 17.2 Å². The minimum atomic E-state index is -0.428. The lowest BCUT2D eigenvalue weighted by atomic mass is 10.00. The van der Waals surface area contributed by atoms with E-state index in [0.29, 0.717) is 29.2 Å². The van der Waals surface area contributed by atoms with Crippen molar-refractivity contribution in [1.29, 1.82) is 0 Å². The van der Waals surface area contributed by atoms with E-state index in [9.17, 15) is 9.90 Å². The second-order valence-electron chi connectivity index (χ2n) is 6.60. The number of rotatable bonds is 5. The number of methoxy groups -OCH3 is 3. The van der Waals surface area contributed by atoms with Crippen molar-refractivity contribution in [2.45, 2.75) is 43.6 Å². The van der Waals surface area contributed by atoms with Gasteiger partial charge in [-0.2, -0.15) is 0 Å². The Labute approximate surface area is 147 Å². The molecule has 7 heteroatoms. The van der Waals surface area contributed by atoms with Crippen LogP contribution in [0.25, 0.3) is 0 Å². The maximum absolute atomic E-state index is 12.6. The van der Waals surface area contributed by atoms with Crippen LogP contribution in [-0.2, 0) is 4.74 Å². The minimum Gasteiger partial charge on any atom is -0.493 e. The summed E-state index contributed by atoms with van der Waals surface area (Å²) >= 11 is 0. The van der Waals surface area contributed by atoms with E-state index in [1.807, 2.05) is 7.05 Å². The first-order valence-corrected chi connectivity index (χ1v) is 8.39. The third-order valence-electron chi connectivity index (χ3n) is 5.27. The maximum atomic E-state index is 12.6. The maximum Gasteiger partial charge on any atom is 0.338 e. The lowest BCUT2D eigenvalue weighted by Gasteiger charge is -2.36. The van der Waals surface area contributed by atoms with Gasteiger partial charge in [0.25, 0.3) is 0 Å². The monoisotopic (exact) mass is 351 g/mol. The molecule has 2 bridgehead atoms. The van der Waals surface area contributed by atoms with Gasteiger partial charge in [-0.3, -0.25) is 4.90 Å². The number of aliphatic hydroxyl groups is 1. The number of carbonyl (C=O) groups excluding carboxylic acids is 1. The van der Waals surface area contributed by atoms with E-state index >= 15 is 0 Å². The van der Waals surface area contributed by atoms with E-state index in [1.54, 1.807) is 12.1 Å². The quantitative estimate of drug-likeness (QED) is 0.805. The van der Waals surface area contributed by atoms with Crippen LogP contribution in [0.3, 0.4) is 0 Å². The van der Waals surface area contributed by atoms with Crippen molar-refractivity contribution in [2.75, 3.05) is 28.4 Å². The van der Waals surface area contributed by atoms with Crippen molar-refractivity contribution in [2.24, 2.45) is 0 Å². The third kappa shape index (κ3) is 3.26. The molecule has 3 rings (SSSR count). The summed E-state index contributed by atoms with van der Waals surface area (Å²) in [4.78, 5) is 14.8. The fourth-order valence-electron chi connectivity index (χ4n) is 3.91. The van der Waals surface area contributed by atoms with Crippen molar-refractivity contribution in [3.8, 4) is 17.2 Å². The van der Waals surface area contributed by atoms with Crippen LogP contribution >= 0.6 is 0 Å². The van der Waals surface area contributed by atoms with E-state index in [-0.39, 0.29) is 24.3 Å². The highest BCUT2D eigenvalue weighted by atomic mass is 16.5. The number of likely N-dealkylation sites (N-methyl/N-ethyl adjacent to an activating group) is 1. The molecule has 2 saturated heterocycles. The van der Waals surface area contributed by atoms with Crippen LogP contribution < -0.4 is 14.2 Å². The number of esters is 1. The van der Waals surface area contributed by atoms with Gasteiger partial charge in [-0.15, -0.1) is 0 Å². The number of nitrogens with zero attached hydrogens (tertiary/aromatic N) is 1. The number of fused-ring (bicyclic) bond motifs is 2. The van der Waals surface area contributed by atoms with Crippen molar-refractivity contribution in [3.63, 3.8) is 0 Å². The van der Waals surface area contributed by atoms with Gasteiger partial charge in [0.2, 0.25) is 5.75 Å². The number of carbonyl (C=O) groups is 1. The molecule has 1 aromatic carbocycles. The third-order valence-corrected chi connectivity index (χ3v) is 5.27. The average molecular weight is 351 g/mol. The summed E-state index contributed by atoms with van der Waals surface area (Å²) in [6.45, 7) is 0. The molecule has 1 N–H and O–H groups in total. The molecule has 25 heavy (non-hydrogen) atoms. The molecule has 0 amide bonds. The van der Waals surface area contributed by atoms with E-state index in [4.69, 9.17) is 18.9 Å². The molecule has 2 aliphatic heterocycles. The Bertz CT molecular complexity index is 623. The molecular formula is C18H25NO6. The van der Waals surface area contributed by atoms with Gasteiger partial charge in [-0.25, -0.2) is 4.79 Å². The van der Waals surface area contributed by atoms with Crippen LogP contribution in [0.4, 0.5) is 0 Å². The number of aliphatic hydroxyl groups excluding tert-OH is 1. The van der Waals surface area contributed by atoms with E-state index < -0.39 is 5.97 Å². The molecule has 138 valence electrons. The molecule has 0 aliphatic carbocycles. The van der Waals surface area contributed by atoms with Crippen LogP contribution in [0.15, 0.2) is 12.1 Å². The number of ether oxygens (including phenoxy) is 4. The molecule has 2 fully saturated rings. The van der Waals surface area contributed by atoms with E-state index in [1.165, 1.54) is 21.3 Å². The Morgan fingerprint density at radius 3 is 2.24 bits per heavy atom. The molecule has 0 saturated carbocycles. The van der Waals surface area contributed by atoms with Crippen LogP contribution in [-0.4, -0.2) is 68.6 Å². The van der Waals surface area contributed by atoms with Gasteiger partial charge in [-0.1, -0.05) is 0 Å². The SMILES string of the molecule is COc1cc(C(=O)OC2CC3CC(O)C(C2)N3C)cc(OC)c1OC. The first-order chi connectivity index (χ1) is 12.0.